The number of benzene rings is 1. The predicted molar refractivity (Wildman–Crippen MR) is 65.2 cm³/mol. The van der Waals surface area contributed by atoms with Gasteiger partial charge in [0.1, 0.15) is 0 Å². The second kappa shape index (κ2) is 4.37. The lowest BCUT2D eigenvalue weighted by Crippen LogP contribution is -2.07. The molecule has 0 bridgehead atoms. The van der Waals surface area contributed by atoms with Crippen LogP contribution in [0.2, 0.25) is 0 Å². The Morgan fingerprint density at radius 2 is 1.79 bits per heavy atom. The average molecular weight is 336 g/mol. The summed E-state index contributed by atoms with van der Waals surface area (Å²) in [6, 6.07) is 2.03. The Bertz CT molecular complexity index is 783. The van der Waals surface area contributed by atoms with Crippen molar-refractivity contribution in [3.05, 3.63) is 48.8 Å². The van der Waals surface area contributed by atoms with Gasteiger partial charge in [-0.2, -0.15) is 13.2 Å². The SMILES string of the molecule is O=c1[nH]c2cc(C(F)(F)F)cc(Br)c2c(=O)cc1O. The number of H-pyrrole nitrogens is 1. The maximum absolute atomic E-state index is 12.6. The van der Waals surface area contributed by atoms with Crippen LogP contribution in [0.3, 0.4) is 0 Å². The molecule has 2 aromatic rings. The standard InChI is InChI=1S/C11H5BrF3NO3/c12-5-1-4(11(13,14)15)2-6-9(5)7(17)3-8(18)10(19)16-6/h1-3,18H,(H,16,19). The van der Waals surface area contributed by atoms with Crippen LogP contribution in [0.15, 0.2) is 32.3 Å². The van der Waals surface area contributed by atoms with E-state index in [4.69, 9.17) is 0 Å². The van der Waals surface area contributed by atoms with E-state index in [0.717, 1.165) is 6.07 Å². The van der Waals surface area contributed by atoms with Crippen LogP contribution >= 0.6 is 15.9 Å². The van der Waals surface area contributed by atoms with Gasteiger partial charge in [-0.15, -0.1) is 0 Å². The molecule has 0 radical (unpaired) electrons. The van der Waals surface area contributed by atoms with Gasteiger partial charge in [0, 0.05) is 10.5 Å². The molecular formula is C11H5BrF3NO3. The minimum absolute atomic E-state index is 0.117. The molecule has 0 saturated carbocycles. The Balaban J connectivity index is 3.03. The van der Waals surface area contributed by atoms with Gasteiger partial charge in [-0.1, -0.05) is 0 Å². The van der Waals surface area contributed by atoms with Crippen LogP contribution in [-0.4, -0.2) is 10.1 Å². The number of aromatic nitrogens is 1. The summed E-state index contributed by atoms with van der Waals surface area (Å²) in [5.74, 6) is -0.860. The highest BCUT2D eigenvalue weighted by atomic mass is 79.9. The van der Waals surface area contributed by atoms with E-state index in [9.17, 15) is 27.9 Å². The van der Waals surface area contributed by atoms with Crippen LogP contribution < -0.4 is 11.0 Å². The zero-order chi connectivity index (χ0) is 14.4. The molecule has 0 aliphatic rings. The molecule has 0 atom stereocenters. The first-order chi connectivity index (χ1) is 8.70. The van der Waals surface area contributed by atoms with Crippen LogP contribution in [0.5, 0.6) is 5.75 Å². The third kappa shape index (κ3) is 2.48. The van der Waals surface area contributed by atoms with Gasteiger partial charge < -0.3 is 10.1 Å². The summed E-state index contributed by atoms with van der Waals surface area (Å²) >= 11 is 2.86. The molecule has 100 valence electrons. The summed E-state index contributed by atoms with van der Waals surface area (Å²) in [4.78, 5) is 25.1. The number of nitrogens with one attached hydrogen (secondary N) is 1. The number of hydrogen-bond donors (Lipinski definition) is 2. The summed E-state index contributed by atoms with van der Waals surface area (Å²) in [6.45, 7) is 0. The van der Waals surface area contributed by atoms with Gasteiger partial charge in [0.2, 0.25) is 0 Å². The molecule has 1 heterocycles. The highest BCUT2D eigenvalue weighted by Gasteiger charge is 2.31. The topological polar surface area (TPSA) is 70.2 Å². The van der Waals surface area contributed by atoms with E-state index in [-0.39, 0.29) is 15.4 Å². The number of aromatic hydroxyl groups is 1. The quantitative estimate of drug-likeness (QED) is 0.776. The predicted octanol–water partition coefficient (Wildman–Crippen LogP) is 2.38. The van der Waals surface area contributed by atoms with E-state index >= 15 is 0 Å². The van der Waals surface area contributed by atoms with E-state index in [1.54, 1.807) is 0 Å². The molecule has 4 nitrogen and oxygen atoms in total. The van der Waals surface area contributed by atoms with Gasteiger partial charge >= 0.3 is 6.18 Å². The molecular weight excluding hydrogens is 331 g/mol. The van der Waals surface area contributed by atoms with Crippen LogP contribution in [0, 0.1) is 0 Å². The Labute approximate surface area is 111 Å². The molecule has 0 amide bonds. The summed E-state index contributed by atoms with van der Waals surface area (Å²) in [5, 5.41) is 9.06. The highest BCUT2D eigenvalue weighted by molar-refractivity contribution is 9.10. The summed E-state index contributed by atoms with van der Waals surface area (Å²) in [6.07, 6.45) is -4.62. The van der Waals surface area contributed by atoms with Crippen molar-refractivity contribution < 1.29 is 18.3 Å². The van der Waals surface area contributed by atoms with Crippen molar-refractivity contribution in [1.29, 1.82) is 0 Å². The molecule has 1 aromatic carbocycles. The lowest BCUT2D eigenvalue weighted by atomic mass is 10.1. The fourth-order valence-corrected chi connectivity index (χ4v) is 2.22. The highest BCUT2D eigenvalue weighted by Crippen LogP contribution is 2.33. The van der Waals surface area contributed by atoms with E-state index in [0.29, 0.717) is 12.1 Å². The van der Waals surface area contributed by atoms with E-state index in [1.807, 2.05) is 4.98 Å². The first-order valence-electron chi connectivity index (χ1n) is 4.87. The van der Waals surface area contributed by atoms with Gasteiger partial charge in [-0.05, 0) is 28.1 Å². The average Bonchev–Trinajstić information content (AvgIpc) is 2.35. The van der Waals surface area contributed by atoms with Crippen molar-refractivity contribution in [2.75, 3.05) is 0 Å². The maximum Gasteiger partial charge on any atom is 0.416 e. The Morgan fingerprint density at radius 1 is 1.16 bits per heavy atom. The molecule has 2 rings (SSSR count). The third-order valence-corrected chi connectivity index (χ3v) is 3.04. The second-order valence-electron chi connectivity index (χ2n) is 3.73. The summed E-state index contributed by atoms with van der Waals surface area (Å²) in [5.41, 5.74) is -3.14. The minimum Gasteiger partial charge on any atom is -0.503 e. The van der Waals surface area contributed by atoms with Crippen molar-refractivity contribution in [3.8, 4) is 5.75 Å². The lowest BCUT2D eigenvalue weighted by molar-refractivity contribution is -0.137. The lowest BCUT2D eigenvalue weighted by Gasteiger charge is -2.07. The van der Waals surface area contributed by atoms with Gasteiger partial charge in [-0.3, -0.25) is 9.59 Å². The smallest absolute Gasteiger partial charge is 0.416 e. The van der Waals surface area contributed by atoms with Crippen LogP contribution in [-0.2, 0) is 6.18 Å². The fourth-order valence-electron chi connectivity index (χ4n) is 1.57. The Morgan fingerprint density at radius 3 is 2.37 bits per heavy atom. The second-order valence-corrected chi connectivity index (χ2v) is 4.58. The minimum atomic E-state index is -4.62. The van der Waals surface area contributed by atoms with Crippen molar-refractivity contribution in [1.82, 2.24) is 4.98 Å². The number of hydrogen-bond acceptors (Lipinski definition) is 3. The first kappa shape index (κ1) is 13.6. The van der Waals surface area contributed by atoms with Crippen LogP contribution in [0.4, 0.5) is 13.2 Å². The Hall–Kier alpha value is -1.83. The molecule has 0 unspecified atom stereocenters. The first-order valence-corrected chi connectivity index (χ1v) is 5.66. The van der Waals surface area contributed by atoms with Crippen molar-refractivity contribution in [2.24, 2.45) is 0 Å². The van der Waals surface area contributed by atoms with E-state index in [2.05, 4.69) is 15.9 Å². The number of rotatable bonds is 0. The monoisotopic (exact) mass is 335 g/mol. The van der Waals surface area contributed by atoms with Crippen LogP contribution in [0.25, 0.3) is 10.9 Å². The molecule has 2 N–H and O–H groups in total. The fraction of sp³-hybridized carbons (Fsp3) is 0.0909. The van der Waals surface area contributed by atoms with E-state index in [1.165, 1.54) is 0 Å². The molecule has 0 aliphatic carbocycles. The normalized spacial score (nSPS) is 11.8. The largest absolute Gasteiger partial charge is 0.503 e. The molecule has 0 saturated heterocycles. The number of aromatic amines is 1. The number of fused-ring (bicyclic) bond motifs is 1. The molecule has 8 heteroatoms. The summed E-state index contributed by atoms with van der Waals surface area (Å²) < 4.78 is 37.8. The summed E-state index contributed by atoms with van der Waals surface area (Å²) in [7, 11) is 0. The zero-order valence-corrected chi connectivity index (χ0v) is 10.6. The molecule has 19 heavy (non-hydrogen) atoms. The van der Waals surface area contributed by atoms with Crippen molar-refractivity contribution >= 4 is 26.8 Å². The molecule has 1 aromatic heterocycles. The van der Waals surface area contributed by atoms with Crippen molar-refractivity contribution in [3.63, 3.8) is 0 Å². The Kier molecular flexibility index (Phi) is 3.13. The number of halogens is 4. The van der Waals surface area contributed by atoms with Gasteiger partial charge in [-0.25, -0.2) is 0 Å². The molecule has 0 spiro atoms. The zero-order valence-electron chi connectivity index (χ0n) is 9.01. The van der Waals surface area contributed by atoms with Crippen LogP contribution in [0.1, 0.15) is 5.56 Å². The molecule has 0 aliphatic heterocycles. The maximum atomic E-state index is 12.6. The van der Waals surface area contributed by atoms with Crippen molar-refractivity contribution in [2.45, 2.75) is 6.18 Å². The van der Waals surface area contributed by atoms with E-state index < -0.39 is 28.5 Å². The van der Waals surface area contributed by atoms with Gasteiger partial charge in [0.05, 0.1) is 16.5 Å². The molecule has 0 fully saturated rings. The van der Waals surface area contributed by atoms with Gasteiger partial charge in [0.15, 0.2) is 11.2 Å². The third-order valence-electron chi connectivity index (χ3n) is 2.41. The van der Waals surface area contributed by atoms with Gasteiger partial charge in [0.25, 0.3) is 5.56 Å². The number of alkyl halides is 3.